The molecule has 7 nitrogen and oxygen atoms in total. The van der Waals surface area contributed by atoms with Crippen LogP contribution in [0.15, 0.2) is 48.5 Å². The number of ether oxygens (including phenoxy) is 3. The van der Waals surface area contributed by atoms with Gasteiger partial charge in [-0.2, -0.15) is 0 Å². The molecule has 2 aliphatic rings. The van der Waals surface area contributed by atoms with Crippen molar-refractivity contribution in [3.63, 3.8) is 0 Å². The predicted molar refractivity (Wildman–Crippen MR) is 120 cm³/mol. The van der Waals surface area contributed by atoms with E-state index in [1.165, 1.54) is 5.56 Å². The third-order valence-corrected chi connectivity index (χ3v) is 5.89. The molecule has 32 heavy (non-hydrogen) atoms. The highest BCUT2D eigenvalue weighted by molar-refractivity contribution is 5.82. The van der Waals surface area contributed by atoms with E-state index in [1.54, 1.807) is 17.0 Å². The summed E-state index contributed by atoms with van der Waals surface area (Å²) in [5, 5.41) is 0. The van der Waals surface area contributed by atoms with Crippen molar-refractivity contribution < 1.29 is 23.8 Å². The number of benzene rings is 2. The number of aryl methyl sites for hydroxylation is 1. The maximum atomic E-state index is 12.8. The molecule has 0 aromatic heterocycles. The first-order valence-corrected chi connectivity index (χ1v) is 11.2. The monoisotopic (exact) mass is 438 g/mol. The van der Waals surface area contributed by atoms with E-state index in [2.05, 4.69) is 0 Å². The minimum absolute atomic E-state index is 0.0450. The van der Waals surface area contributed by atoms with E-state index < -0.39 is 0 Å². The van der Waals surface area contributed by atoms with Crippen LogP contribution >= 0.6 is 0 Å². The largest absolute Gasteiger partial charge is 0.484 e. The van der Waals surface area contributed by atoms with Gasteiger partial charge in [-0.25, -0.2) is 0 Å². The minimum Gasteiger partial charge on any atom is -0.484 e. The second-order valence-corrected chi connectivity index (χ2v) is 8.29. The zero-order chi connectivity index (χ0) is 22.3. The molecule has 7 heteroatoms. The second kappa shape index (κ2) is 10.5. The van der Waals surface area contributed by atoms with E-state index in [9.17, 15) is 9.59 Å². The van der Waals surface area contributed by atoms with Gasteiger partial charge in [0.2, 0.25) is 5.91 Å². The molecule has 1 atom stereocenters. The number of hydrogen-bond acceptors (Lipinski definition) is 5. The average molecular weight is 439 g/mol. The molecule has 0 spiro atoms. The third-order valence-electron chi connectivity index (χ3n) is 5.89. The van der Waals surface area contributed by atoms with Gasteiger partial charge >= 0.3 is 0 Å². The molecule has 0 aliphatic carbocycles. The van der Waals surface area contributed by atoms with E-state index in [0.717, 1.165) is 18.6 Å². The molecule has 0 saturated carbocycles. The van der Waals surface area contributed by atoms with Crippen molar-refractivity contribution in [1.29, 1.82) is 0 Å². The molecule has 2 fully saturated rings. The van der Waals surface area contributed by atoms with Crippen molar-refractivity contribution >= 4 is 11.8 Å². The number of carbonyl (C=O) groups is 2. The van der Waals surface area contributed by atoms with E-state index in [1.807, 2.05) is 48.2 Å². The van der Waals surface area contributed by atoms with Gasteiger partial charge in [-0.15, -0.1) is 0 Å². The molecule has 0 bridgehead atoms. The van der Waals surface area contributed by atoms with Gasteiger partial charge < -0.3 is 24.0 Å². The Morgan fingerprint density at radius 3 is 2.22 bits per heavy atom. The highest BCUT2D eigenvalue weighted by Gasteiger charge is 2.31. The van der Waals surface area contributed by atoms with Crippen molar-refractivity contribution in [3.8, 4) is 17.2 Å². The SMILES string of the molecule is Cc1ccc(Oc2ccc(OCC(=O)N3CCC[C@@H](C(=O)N4CCOCC4)C3)cc2)cc1. The molecule has 2 heterocycles. The third kappa shape index (κ3) is 5.79. The molecule has 2 saturated heterocycles. The summed E-state index contributed by atoms with van der Waals surface area (Å²) in [5.74, 6) is 1.98. The Labute approximate surface area is 188 Å². The Kier molecular flexibility index (Phi) is 7.27. The summed E-state index contributed by atoms with van der Waals surface area (Å²) >= 11 is 0. The number of carbonyl (C=O) groups excluding carboxylic acids is 2. The minimum atomic E-state index is -0.135. The Morgan fingerprint density at radius 1 is 0.906 bits per heavy atom. The fraction of sp³-hybridized carbons (Fsp3) is 0.440. The fourth-order valence-electron chi connectivity index (χ4n) is 4.03. The van der Waals surface area contributed by atoms with Crippen LogP contribution in [0.1, 0.15) is 18.4 Å². The van der Waals surface area contributed by atoms with Crippen LogP contribution in [0.3, 0.4) is 0 Å². The molecule has 0 radical (unpaired) electrons. The molecule has 0 N–H and O–H groups in total. The van der Waals surface area contributed by atoms with Crippen LogP contribution in [0.25, 0.3) is 0 Å². The van der Waals surface area contributed by atoms with Gasteiger partial charge in [0.1, 0.15) is 17.2 Å². The van der Waals surface area contributed by atoms with Gasteiger partial charge in [0.25, 0.3) is 5.91 Å². The summed E-state index contributed by atoms with van der Waals surface area (Å²) in [7, 11) is 0. The zero-order valence-corrected chi connectivity index (χ0v) is 18.5. The molecule has 0 unspecified atom stereocenters. The predicted octanol–water partition coefficient (Wildman–Crippen LogP) is 3.26. The Bertz CT molecular complexity index is 907. The standard InChI is InChI=1S/C25H30N2O5/c1-19-4-6-22(7-5-19)32-23-10-8-21(9-11-23)31-18-24(28)27-12-2-3-20(17-27)25(29)26-13-15-30-16-14-26/h4-11,20H,2-3,12-18H2,1H3/t20-/m1/s1. The second-order valence-electron chi connectivity index (χ2n) is 8.29. The zero-order valence-electron chi connectivity index (χ0n) is 18.5. The van der Waals surface area contributed by atoms with E-state index in [0.29, 0.717) is 50.9 Å². The number of piperidine rings is 1. The van der Waals surface area contributed by atoms with Crippen LogP contribution in [0.4, 0.5) is 0 Å². The van der Waals surface area contributed by atoms with Crippen molar-refractivity contribution in [2.45, 2.75) is 19.8 Å². The Balaban J connectivity index is 1.25. The molecular weight excluding hydrogens is 408 g/mol. The lowest BCUT2D eigenvalue weighted by Crippen LogP contribution is -2.50. The van der Waals surface area contributed by atoms with Crippen molar-refractivity contribution in [2.24, 2.45) is 5.92 Å². The van der Waals surface area contributed by atoms with Gasteiger partial charge in [-0.05, 0) is 56.2 Å². The average Bonchev–Trinajstić information content (AvgIpc) is 2.85. The van der Waals surface area contributed by atoms with Gasteiger partial charge in [0.15, 0.2) is 6.61 Å². The van der Waals surface area contributed by atoms with E-state index >= 15 is 0 Å². The summed E-state index contributed by atoms with van der Waals surface area (Å²) in [4.78, 5) is 29.1. The lowest BCUT2D eigenvalue weighted by molar-refractivity contribution is -0.144. The number of hydrogen-bond donors (Lipinski definition) is 0. The maximum absolute atomic E-state index is 12.8. The quantitative estimate of drug-likeness (QED) is 0.693. The topological polar surface area (TPSA) is 68.3 Å². The van der Waals surface area contributed by atoms with Crippen LogP contribution in [-0.4, -0.2) is 67.6 Å². The van der Waals surface area contributed by atoms with Crippen LogP contribution in [0.2, 0.25) is 0 Å². The molecule has 2 amide bonds. The molecule has 2 aliphatic heterocycles. The van der Waals surface area contributed by atoms with Crippen LogP contribution in [-0.2, 0) is 14.3 Å². The number of nitrogens with zero attached hydrogens (tertiary/aromatic N) is 2. The number of amides is 2. The normalized spacial score (nSPS) is 18.8. The molecule has 4 rings (SSSR count). The van der Waals surface area contributed by atoms with Crippen LogP contribution in [0, 0.1) is 12.8 Å². The summed E-state index contributed by atoms with van der Waals surface area (Å²) in [6, 6.07) is 15.1. The Hall–Kier alpha value is -3.06. The summed E-state index contributed by atoms with van der Waals surface area (Å²) in [5.41, 5.74) is 1.18. The van der Waals surface area contributed by atoms with Crippen molar-refractivity contribution in [2.75, 3.05) is 46.0 Å². The summed E-state index contributed by atoms with van der Waals surface area (Å²) in [6.45, 7) is 5.56. The van der Waals surface area contributed by atoms with Crippen molar-refractivity contribution in [1.82, 2.24) is 9.80 Å². The van der Waals surface area contributed by atoms with E-state index in [-0.39, 0.29) is 24.3 Å². The smallest absolute Gasteiger partial charge is 0.260 e. The molecule has 2 aromatic carbocycles. The maximum Gasteiger partial charge on any atom is 0.260 e. The highest BCUT2D eigenvalue weighted by atomic mass is 16.5. The molecular formula is C25H30N2O5. The summed E-state index contributed by atoms with van der Waals surface area (Å²) in [6.07, 6.45) is 1.65. The highest BCUT2D eigenvalue weighted by Crippen LogP contribution is 2.24. The van der Waals surface area contributed by atoms with Gasteiger partial charge in [-0.3, -0.25) is 9.59 Å². The molecule has 170 valence electrons. The van der Waals surface area contributed by atoms with Crippen LogP contribution in [0.5, 0.6) is 17.2 Å². The first kappa shape index (κ1) is 22.1. The summed E-state index contributed by atoms with van der Waals surface area (Å²) < 4.78 is 16.8. The first-order chi connectivity index (χ1) is 15.6. The van der Waals surface area contributed by atoms with Crippen molar-refractivity contribution in [3.05, 3.63) is 54.1 Å². The molecule has 2 aromatic rings. The fourth-order valence-corrected chi connectivity index (χ4v) is 4.03. The first-order valence-electron chi connectivity index (χ1n) is 11.2. The van der Waals surface area contributed by atoms with E-state index in [4.69, 9.17) is 14.2 Å². The van der Waals surface area contributed by atoms with Gasteiger partial charge in [0.05, 0.1) is 19.1 Å². The van der Waals surface area contributed by atoms with Crippen LogP contribution < -0.4 is 9.47 Å². The lowest BCUT2D eigenvalue weighted by atomic mass is 9.96. The van der Waals surface area contributed by atoms with Gasteiger partial charge in [-0.1, -0.05) is 17.7 Å². The number of likely N-dealkylation sites (tertiary alicyclic amines) is 1. The Morgan fingerprint density at radius 2 is 1.53 bits per heavy atom. The van der Waals surface area contributed by atoms with Gasteiger partial charge in [0, 0.05) is 26.2 Å². The lowest BCUT2D eigenvalue weighted by Gasteiger charge is -2.36. The number of rotatable bonds is 6. The number of morpholine rings is 1.